The van der Waals surface area contributed by atoms with Crippen molar-refractivity contribution in [2.24, 2.45) is 11.7 Å². The number of aliphatic hydroxyl groups excluding tert-OH is 1. The fourth-order valence-corrected chi connectivity index (χ4v) is 2.85. The highest BCUT2D eigenvalue weighted by molar-refractivity contribution is 5.44. The zero-order valence-corrected chi connectivity index (χ0v) is 11.6. The maximum Gasteiger partial charge on any atom is 0.161 e. The summed E-state index contributed by atoms with van der Waals surface area (Å²) in [6, 6.07) is 5.20. The van der Waals surface area contributed by atoms with Gasteiger partial charge in [-0.25, -0.2) is 0 Å². The number of aliphatic hydroxyl groups is 1. The lowest BCUT2D eigenvalue weighted by Gasteiger charge is -2.25. The number of hydrogen-bond acceptors (Lipinski definition) is 4. The van der Waals surface area contributed by atoms with Gasteiger partial charge >= 0.3 is 0 Å². The quantitative estimate of drug-likeness (QED) is 0.857. The molecular weight excluding hydrogens is 242 g/mol. The van der Waals surface area contributed by atoms with Crippen LogP contribution in [0, 0.1) is 5.92 Å². The van der Waals surface area contributed by atoms with Crippen LogP contribution in [0.15, 0.2) is 18.2 Å². The SMILES string of the molecule is COc1ccc([C@@H](N)[C@@H](O)C2CCCC2)cc1OC. The van der Waals surface area contributed by atoms with Crippen molar-refractivity contribution in [1.29, 1.82) is 0 Å². The van der Waals surface area contributed by atoms with Crippen molar-refractivity contribution in [1.82, 2.24) is 0 Å². The summed E-state index contributed by atoms with van der Waals surface area (Å²) in [7, 11) is 3.20. The van der Waals surface area contributed by atoms with E-state index in [1.165, 1.54) is 12.8 Å². The number of rotatable bonds is 5. The molecule has 0 spiro atoms. The lowest BCUT2D eigenvalue weighted by atomic mass is 9.91. The minimum absolute atomic E-state index is 0.322. The van der Waals surface area contributed by atoms with E-state index in [0.717, 1.165) is 18.4 Å². The van der Waals surface area contributed by atoms with Crippen LogP contribution in [0.2, 0.25) is 0 Å². The van der Waals surface area contributed by atoms with Crippen LogP contribution in [0.25, 0.3) is 0 Å². The van der Waals surface area contributed by atoms with E-state index in [9.17, 15) is 5.11 Å². The van der Waals surface area contributed by atoms with Crippen LogP contribution in [0.5, 0.6) is 11.5 Å². The summed E-state index contributed by atoms with van der Waals surface area (Å²) in [5.74, 6) is 1.64. The molecule has 1 aliphatic rings. The van der Waals surface area contributed by atoms with Gasteiger partial charge in [-0.15, -0.1) is 0 Å². The van der Waals surface area contributed by atoms with Crippen LogP contribution in [-0.4, -0.2) is 25.4 Å². The molecule has 19 heavy (non-hydrogen) atoms. The number of methoxy groups -OCH3 is 2. The molecule has 1 aromatic carbocycles. The second-order valence-electron chi connectivity index (χ2n) is 5.18. The predicted molar refractivity (Wildman–Crippen MR) is 74.4 cm³/mol. The monoisotopic (exact) mass is 265 g/mol. The summed E-state index contributed by atoms with van der Waals surface area (Å²) in [6.07, 6.45) is 4.05. The molecular formula is C15H23NO3. The summed E-state index contributed by atoms with van der Waals surface area (Å²) < 4.78 is 10.5. The van der Waals surface area contributed by atoms with E-state index in [1.54, 1.807) is 14.2 Å². The van der Waals surface area contributed by atoms with Gasteiger partial charge in [-0.3, -0.25) is 0 Å². The highest BCUT2D eigenvalue weighted by atomic mass is 16.5. The second kappa shape index (κ2) is 6.26. The normalized spacial score (nSPS) is 19.2. The second-order valence-corrected chi connectivity index (χ2v) is 5.18. The van der Waals surface area contributed by atoms with Gasteiger partial charge in [0.05, 0.1) is 26.4 Å². The number of ether oxygens (including phenoxy) is 2. The van der Waals surface area contributed by atoms with Crippen LogP contribution in [0.1, 0.15) is 37.3 Å². The maximum absolute atomic E-state index is 10.4. The molecule has 0 aromatic heterocycles. The largest absolute Gasteiger partial charge is 0.493 e. The average molecular weight is 265 g/mol. The highest BCUT2D eigenvalue weighted by Gasteiger charge is 2.29. The minimum atomic E-state index is -0.486. The molecule has 0 heterocycles. The third kappa shape index (κ3) is 3.01. The zero-order valence-electron chi connectivity index (χ0n) is 11.6. The van der Waals surface area contributed by atoms with Gasteiger partial charge in [-0.1, -0.05) is 18.9 Å². The van der Waals surface area contributed by atoms with Gasteiger partial charge in [-0.2, -0.15) is 0 Å². The van der Waals surface area contributed by atoms with Crippen LogP contribution in [0.3, 0.4) is 0 Å². The third-order valence-electron chi connectivity index (χ3n) is 4.04. The van der Waals surface area contributed by atoms with Crippen LogP contribution < -0.4 is 15.2 Å². The van der Waals surface area contributed by atoms with Crippen molar-refractivity contribution >= 4 is 0 Å². The summed E-state index contributed by atoms with van der Waals surface area (Å²) in [5.41, 5.74) is 7.07. The Morgan fingerprint density at radius 1 is 1.16 bits per heavy atom. The molecule has 0 radical (unpaired) electrons. The number of nitrogens with two attached hydrogens (primary N) is 1. The van der Waals surface area contributed by atoms with Crippen LogP contribution in [-0.2, 0) is 0 Å². The molecule has 4 heteroatoms. The number of hydrogen-bond donors (Lipinski definition) is 2. The Hall–Kier alpha value is -1.26. The first-order chi connectivity index (χ1) is 9.17. The van der Waals surface area contributed by atoms with E-state index < -0.39 is 6.10 Å². The van der Waals surface area contributed by atoms with Crippen molar-refractivity contribution in [3.05, 3.63) is 23.8 Å². The van der Waals surface area contributed by atoms with Crippen molar-refractivity contribution in [3.63, 3.8) is 0 Å². The lowest BCUT2D eigenvalue weighted by Crippen LogP contribution is -2.31. The van der Waals surface area contributed by atoms with Crippen LogP contribution in [0.4, 0.5) is 0 Å². The highest BCUT2D eigenvalue weighted by Crippen LogP contribution is 2.35. The molecule has 0 bridgehead atoms. The van der Waals surface area contributed by atoms with Gasteiger partial charge in [0.1, 0.15) is 0 Å². The van der Waals surface area contributed by atoms with E-state index in [0.29, 0.717) is 17.4 Å². The maximum atomic E-state index is 10.4. The molecule has 0 saturated heterocycles. The van der Waals surface area contributed by atoms with Crippen molar-refractivity contribution in [3.8, 4) is 11.5 Å². The molecule has 1 aliphatic carbocycles. The summed E-state index contributed by atoms with van der Waals surface area (Å²) in [4.78, 5) is 0. The molecule has 0 aliphatic heterocycles. The average Bonchev–Trinajstić information content (AvgIpc) is 2.99. The minimum Gasteiger partial charge on any atom is -0.493 e. The molecule has 1 saturated carbocycles. The molecule has 3 N–H and O–H groups in total. The van der Waals surface area contributed by atoms with Gasteiger partial charge in [0.2, 0.25) is 0 Å². The fraction of sp³-hybridized carbons (Fsp3) is 0.600. The zero-order chi connectivity index (χ0) is 13.8. The van der Waals surface area contributed by atoms with E-state index in [1.807, 2.05) is 18.2 Å². The Labute approximate surface area is 114 Å². The molecule has 0 amide bonds. The first-order valence-electron chi connectivity index (χ1n) is 6.83. The summed E-state index contributed by atoms with van der Waals surface area (Å²) in [5, 5.41) is 10.4. The predicted octanol–water partition coefficient (Wildman–Crippen LogP) is 2.25. The van der Waals surface area contributed by atoms with Crippen molar-refractivity contribution in [2.75, 3.05) is 14.2 Å². The smallest absolute Gasteiger partial charge is 0.161 e. The Kier molecular flexibility index (Phi) is 4.66. The first kappa shape index (κ1) is 14.2. The van der Waals surface area contributed by atoms with Gasteiger partial charge in [-0.05, 0) is 36.5 Å². The molecule has 0 unspecified atom stereocenters. The van der Waals surface area contributed by atoms with E-state index in [2.05, 4.69) is 0 Å². The molecule has 1 aromatic rings. The lowest BCUT2D eigenvalue weighted by molar-refractivity contribution is 0.0844. The van der Waals surface area contributed by atoms with Crippen LogP contribution >= 0.6 is 0 Å². The Bertz CT molecular complexity index is 416. The van der Waals surface area contributed by atoms with Gasteiger partial charge in [0, 0.05) is 0 Å². The summed E-state index contributed by atoms with van der Waals surface area (Å²) in [6.45, 7) is 0. The molecule has 1 fully saturated rings. The topological polar surface area (TPSA) is 64.7 Å². The molecule has 106 valence electrons. The van der Waals surface area contributed by atoms with E-state index in [4.69, 9.17) is 15.2 Å². The van der Waals surface area contributed by atoms with E-state index >= 15 is 0 Å². The number of benzene rings is 1. The standard InChI is InChI=1S/C15H23NO3/c1-18-12-8-7-11(9-13(12)19-2)14(16)15(17)10-5-3-4-6-10/h7-10,14-15,17H,3-6,16H2,1-2H3/t14-,15+/m1/s1. The Morgan fingerprint density at radius 3 is 2.37 bits per heavy atom. The molecule has 2 rings (SSSR count). The molecule has 4 nitrogen and oxygen atoms in total. The first-order valence-corrected chi connectivity index (χ1v) is 6.83. The molecule has 2 atom stereocenters. The summed E-state index contributed by atoms with van der Waals surface area (Å²) >= 11 is 0. The van der Waals surface area contributed by atoms with Gasteiger partial charge in [0.15, 0.2) is 11.5 Å². The fourth-order valence-electron chi connectivity index (χ4n) is 2.85. The Balaban J connectivity index is 2.15. The van der Waals surface area contributed by atoms with Gasteiger partial charge in [0.25, 0.3) is 0 Å². The van der Waals surface area contributed by atoms with Gasteiger partial charge < -0.3 is 20.3 Å². The van der Waals surface area contributed by atoms with Crippen molar-refractivity contribution in [2.45, 2.75) is 37.8 Å². The third-order valence-corrected chi connectivity index (χ3v) is 4.04. The van der Waals surface area contributed by atoms with E-state index in [-0.39, 0.29) is 6.04 Å². The van der Waals surface area contributed by atoms with Crippen molar-refractivity contribution < 1.29 is 14.6 Å². The Morgan fingerprint density at radius 2 is 1.79 bits per heavy atom.